The first kappa shape index (κ1) is 20.9. The molecule has 0 spiro atoms. The molecule has 0 bridgehead atoms. The second kappa shape index (κ2) is 9.09. The lowest BCUT2D eigenvalue weighted by Crippen LogP contribution is -2.26. The Bertz CT molecular complexity index is 1020. The van der Waals surface area contributed by atoms with E-state index in [-0.39, 0.29) is 11.7 Å². The van der Waals surface area contributed by atoms with E-state index in [2.05, 4.69) is 26.3 Å². The first-order valence-corrected chi connectivity index (χ1v) is 9.73. The van der Waals surface area contributed by atoms with Gasteiger partial charge in [-0.05, 0) is 55.3 Å². The number of halogens is 2. The lowest BCUT2D eigenvalue weighted by Gasteiger charge is -2.12. The van der Waals surface area contributed by atoms with Gasteiger partial charge < -0.3 is 14.8 Å². The van der Waals surface area contributed by atoms with Gasteiger partial charge in [0.05, 0.1) is 37.4 Å². The van der Waals surface area contributed by atoms with E-state index in [0.29, 0.717) is 41.4 Å². The fourth-order valence-electron chi connectivity index (χ4n) is 2.97. The number of carbonyl (C=O) groups excluding carboxylic acids is 1. The van der Waals surface area contributed by atoms with Gasteiger partial charge in [0.15, 0.2) is 11.5 Å². The second-order valence-corrected chi connectivity index (χ2v) is 7.19. The summed E-state index contributed by atoms with van der Waals surface area (Å²) in [5.74, 6) is 0.731. The van der Waals surface area contributed by atoms with Crippen molar-refractivity contribution in [3.63, 3.8) is 0 Å². The Morgan fingerprint density at radius 1 is 1.17 bits per heavy atom. The number of rotatable bonds is 7. The maximum Gasteiger partial charge on any atom is 0.254 e. The molecule has 0 atom stereocenters. The number of nitrogens with zero attached hydrogens (tertiary/aromatic N) is 2. The zero-order valence-corrected chi connectivity index (χ0v) is 17.9. The van der Waals surface area contributed by atoms with Crippen LogP contribution in [0.15, 0.2) is 47.1 Å². The van der Waals surface area contributed by atoms with E-state index in [1.807, 2.05) is 12.1 Å². The summed E-state index contributed by atoms with van der Waals surface area (Å²) in [6.07, 6.45) is 2.12. The van der Waals surface area contributed by atoms with Crippen LogP contribution in [0.3, 0.4) is 0 Å². The van der Waals surface area contributed by atoms with E-state index in [1.54, 1.807) is 38.0 Å². The Hall–Kier alpha value is -2.87. The SMILES string of the molecule is COc1cc(Br)c(CCNC(=O)c2cnn(-c3ccc(F)cc3)c2C)cc1OC. The molecule has 8 heteroatoms. The highest BCUT2D eigenvalue weighted by Gasteiger charge is 2.15. The van der Waals surface area contributed by atoms with Crippen molar-refractivity contribution in [2.45, 2.75) is 13.3 Å². The molecule has 3 aromatic rings. The van der Waals surface area contributed by atoms with Crippen LogP contribution in [0.4, 0.5) is 4.39 Å². The van der Waals surface area contributed by atoms with Crippen LogP contribution in [0.2, 0.25) is 0 Å². The highest BCUT2D eigenvalue weighted by molar-refractivity contribution is 9.10. The number of ether oxygens (including phenoxy) is 2. The largest absolute Gasteiger partial charge is 0.493 e. The Kier molecular flexibility index (Phi) is 6.53. The molecule has 29 heavy (non-hydrogen) atoms. The average molecular weight is 462 g/mol. The fourth-order valence-corrected chi connectivity index (χ4v) is 3.49. The number of carbonyl (C=O) groups is 1. The molecule has 1 N–H and O–H groups in total. The van der Waals surface area contributed by atoms with Gasteiger partial charge in [0, 0.05) is 11.0 Å². The maximum atomic E-state index is 13.1. The Morgan fingerprint density at radius 3 is 2.48 bits per heavy atom. The molecular weight excluding hydrogens is 441 g/mol. The minimum Gasteiger partial charge on any atom is -0.493 e. The van der Waals surface area contributed by atoms with Crippen molar-refractivity contribution >= 4 is 21.8 Å². The van der Waals surface area contributed by atoms with Crippen LogP contribution in [0.1, 0.15) is 21.6 Å². The van der Waals surface area contributed by atoms with Crippen LogP contribution in [0.5, 0.6) is 11.5 Å². The lowest BCUT2D eigenvalue weighted by atomic mass is 10.1. The van der Waals surface area contributed by atoms with Crippen LogP contribution < -0.4 is 14.8 Å². The third-order valence-electron chi connectivity index (χ3n) is 4.56. The third-order valence-corrected chi connectivity index (χ3v) is 5.30. The summed E-state index contributed by atoms with van der Waals surface area (Å²) in [4.78, 5) is 12.6. The molecule has 0 aliphatic carbocycles. The number of benzene rings is 2. The number of hydrogen-bond acceptors (Lipinski definition) is 4. The predicted octanol–water partition coefficient (Wildman–Crippen LogP) is 4.07. The molecule has 0 saturated heterocycles. The molecule has 0 radical (unpaired) electrons. The van der Waals surface area contributed by atoms with Crippen LogP contribution in [-0.4, -0.2) is 36.5 Å². The number of nitrogens with one attached hydrogen (secondary N) is 1. The highest BCUT2D eigenvalue weighted by Crippen LogP contribution is 2.33. The van der Waals surface area contributed by atoms with Crippen LogP contribution in [0, 0.1) is 12.7 Å². The van der Waals surface area contributed by atoms with Crippen molar-refractivity contribution in [3.8, 4) is 17.2 Å². The van der Waals surface area contributed by atoms with E-state index in [1.165, 1.54) is 18.3 Å². The van der Waals surface area contributed by atoms with Gasteiger partial charge in [-0.3, -0.25) is 4.79 Å². The predicted molar refractivity (Wildman–Crippen MR) is 112 cm³/mol. The number of aromatic nitrogens is 2. The smallest absolute Gasteiger partial charge is 0.254 e. The molecular formula is C21H21BrFN3O3. The minimum absolute atomic E-state index is 0.215. The Morgan fingerprint density at radius 2 is 1.83 bits per heavy atom. The van der Waals surface area contributed by atoms with Crippen molar-refractivity contribution in [2.75, 3.05) is 20.8 Å². The molecule has 1 amide bonds. The van der Waals surface area contributed by atoms with E-state index < -0.39 is 0 Å². The quantitative estimate of drug-likeness (QED) is 0.575. The Labute approximate surface area is 176 Å². The normalized spacial score (nSPS) is 10.7. The van der Waals surface area contributed by atoms with Crippen molar-refractivity contribution in [2.24, 2.45) is 0 Å². The van der Waals surface area contributed by atoms with Gasteiger partial charge in [0.25, 0.3) is 5.91 Å². The van der Waals surface area contributed by atoms with E-state index in [0.717, 1.165) is 10.0 Å². The van der Waals surface area contributed by atoms with Crippen molar-refractivity contribution in [3.05, 3.63) is 69.7 Å². The molecule has 1 aromatic heterocycles. The summed E-state index contributed by atoms with van der Waals surface area (Å²) in [6.45, 7) is 2.24. The average Bonchev–Trinajstić information content (AvgIpc) is 3.10. The minimum atomic E-state index is -0.321. The van der Waals surface area contributed by atoms with Crippen molar-refractivity contribution in [1.82, 2.24) is 15.1 Å². The van der Waals surface area contributed by atoms with Gasteiger partial charge >= 0.3 is 0 Å². The summed E-state index contributed by atoms with van der Waals surface area (Å²) in [6, 6.07) is 9.67. The van der Waals surface area contributed by atoms with Crippen molar-refractivity contribution in [1.29, 1.82) is 0 Å². The topological polar surface area (TPSA) is 65.4 Å². The summed E-state index contributed by atoms with van der Waals surface area (Å²) < 4.78 is 26.2. The van der Waals surface area contributed by atoms with Gasteiger partial charge in [0.1, 0.15) is 5.82 Å². The van der Waals surface area contributed by atoms with Gasteiger partial charge in [-0.25, -0.2) is 9.07 Å². The number of methoxy groups -OCH3 is 2. The van der Waals surface area contributed by atoms with Crippen LogP contribution >= 0.6 is 15.9 Å². The highest BCUT2D eigenvalue weighted by atomic mass is 79.9. The molecule has 6 nitrogen and oxygen atoms in total. The molecule has 1 heterocycles. The van der Waals surface area contributed by atoms with Crippen LogP contribution in [0.25, 0.3) is 5.69 Å². The molecule has 2 aromatic carbocycles. The third kappa shape index (κ3) is 4.59. The number of hydrogen-bond donors (Lipinski definition) is 1. The molecule has 3 rings (SSSR count). The van der Waals surface area contributed by atoms with Crippen LogP contribution in [-0.2, 0) is 6.42 Å². The molecule has 0 aliphatic heterocycles. The van der Waals surface area contributed by atoms with E-state index >= 15 is 0 Å². The molecule has 0 saturated carbocycles. The Balaban J connectivity index is 1.67. The first-order chi connectivity index (χ1) is 13.9. The fraction of sp³-hybridized carbons (Fsp3) is 0.238. The van der Waals surface area contributed by atoms with E-state index in [9.17, 15) is 9.18 Å². The summed E-state index contributed by atoms with van der Waals surface area (Å²) in [5, 5.41) is 7.16. The first-order valence-electron chi connectivity index (χ1n) is 8.93. The molecule has 0 aliphatic rings. The standard InChI is InChI=1S/C21H21BrFN3O3/c1-13-17(12-25-26(13)16-6-4-15(23)5-7-16)21(27)24-9-8-14-10-19(28-2)20(29-3)11-18(14)22/h4-7,10-12H,8-9H2,1-3H3,(H,24,27). The second-order valence-electron chi connectivity index (χ2n) is 6.34. The van der Waals surface area contributed by atoms with Gasteiger partial charge in [-0.2, -0.15) is 5.10 Å². The summed E-state index contributed by atoms with van der Waals surface area (Å²) in [7, 11) is 3.16. The monoisotopic (exact) mass is 461 g/mol. The molecule has 0 fully saturated rings. The maximum absolute atomic E-state index is 13.1. The molecule has 152 valence electrons. The van der Waals surface area contributed by atoms with Gasteiger partial charge in [0.2, 0.25) is 0 Å². The summed E-state index contributed by atoms with van der Waals surface area (Å²) in [5.41, 5.74) is 2.83. The number of amides is 1. The van der Waals surface area contributed by atoms with Gasteiger partial charge in [-0.15, -0.1) is 0 Å². The summed E-state index contributed by atoms with van der Waals surface area (Å²) >= 11 is 3.52. The lowest BCUT2D eigenvalue weighted by molar-refractivity contribution is 0.0953. The zero-order valence-electron chi connectivity index (χ0n) is 16.3. The molecule has 0 unspecified atom stereocenters. The van der Waals surface area contributed by atoms with E-state index in [4.69, 9.17) is 9.47 Å². The van der Waals surface area contributed by atoms with Gasteiger partial charge in [-0.1, -0.05) is 15.9 Å². The zero-order chi connectivity index (χ0) is 21.0. The van der Waals surface area contributed by atoms with Crippen molar-refractivity contribution < 1.29 is 18.7 Å².